The first kappa shape index (κ1) is 25.5. The Morgan fingerprint density at radius 1 is 0.581 bits per heavy atom. The highest BCUT2D eigenvalue weighted by atomic mass is 16.5. The molecule has 0 aromatic heterocycles. The van der Waals surface area contributed by atoms with Crippen molar-refractivity contribution < 1.29 is 28.4 Å². The predicted octanol–water partition coefficient (Wildman–Crippen LogP) is 3.86. The Balaban J connectivity index is 1.78. The summed E-state index contributed by atoms with van der Waals surface area (Å²) in [5.74, 6) is 0. The second kappa shape index (κ2) is 16.8. The van der Waals surface area contributed by atoms with Gasteiger partial charge in [-0.25, -0.2) is 0 Å². The third-order valence-electron chi connectivity index (χ3n) is 4.49. The van der Waals surface area contributed by atoms with Crippen LogP contribution < -0.4 is 0 Å². The molecule has 0 aliphatic carbocycles. The lowest BCUT2D eigenvalue weighted by Gasteiger charge is -2.09. The van der Waals surface area contributed by atoms with Crippen LogP contribution in [-0.2, 0) is 41.6 Å². The van der Waals surface area contributed by atoms with E-state index in [2.05, 4.69) is 30.8 Å². The summed E-state index contributed by atoms with van der Waals surface area (Å²) in [7, 11) is 0. The van der Waals surface area contributed by atoms with E-state index in [9.17, 15) is 0 Å². The molecule has 0 amide bonds. The Kier molecular flexibility index (Phi) is 13.8. The van der Waals surface area contributed by atoms with Crippen molar-refractivity contribution in [3.63, 3.8) is 0 Å². The Labute approximate surface area is 186 Å². The van der Waals surface area contributed by atoms with Gasteiger partial charge < -0.3 is 28.4 Å². The molecule has 0 N–H and O–H groups in total. The van der Waals surface area contributed by atoms with E-state index in [1.54, 1.807) is 6.08 Å². The van der Waals surface area contributed by atoms with Gasteiger partial charge in [-0.3, -0.25) is 0 Å². The molecule has 0 atom stereocenters. The fraction of sp³-hybridized carbons (Fsp3) is 0.520. The van der Waals surface area contributed by atoms with Gasteiger partial charge >= 0.3 is 0 Å². The molecule has 2 aliphatic heterocycles. The maximum Gasteiger partial charge on any atom is 0.0718 e. The number of hydrogen-bond acceptors (Lipinski definition) is 6. The highest BCUT2D eigenvalue weighted by Gasteiger charge is 1.99. The van der Waals surface area contributed by atoms with E-state index >= 15 is 0 Å². The second-order valence-electron chi connectivity index (χ2n) is 7.21. The topological polar surface area (TPSA) is 55.4 Å². The summed E-state index contributed by atoms with van der Waals surface area (Å²) in [6.45, 7) is 12.4. The van der Waals surface area contributed by atoms with Crippen molar-refractivity contribution in [3.05, 3.63) is 71.3 Å². The largest absolute Gasteiger partial charge is 0.377 e. The molecule has 0 radical (unpaired) electrons. The summed E-state index contributed by atoms with van der Waals surface area (Å²) in [5.41, 5.74) is 4.40. The van der Waals surface area contributed by atoms with E-state index in [4.69, 9.17) is 28.4 Å². The van der Waals surface area contributed by atoms with Crippen molar-refractivity contribution in [2.75, 3.05) is 66.1 Å². The van der Waals surface area contributed by atoms with Gasteiger partial charge in [0.15, 0.2) is 0 Å². The van der Waals surface area contributed by atoms with Gasteiger partial charge in [-0.05, 0) is 29.2 Å². The number of fused-ring (bicyclic) bond motifs is 21. The molecule has 172 valence electrons. The van der Waals surface area contributed by atoms with E-state index in [1.807, 2.05) is 19.1 Å². The summed E-state index contributed by atoms with van der Waals surface area (Å²) in [5, 5.41) is 0. The predicted molar refractivity (Wildman–Crippen MR) is 121 cm³/mol. The maximum absolute atomic E-state index is 5.66. The molecule has 0 unspecified atom stereocenters. The molecular weight excluding hydrogens is 396 g/mol. The number of allylic oxidation sites excluding steroid dienone is 2. The van der Waals surface area contributed by atoms with Crippen LogP contribution in [0.4, 0.5) is 0 Å². The lowest BCUT2D eigenvalue weighted by atomic mass is 10.1. The Morgan fingerprint density at radius 2 is 1.00 bits per heavy atom. The van der Waals surface area contributed by atoms with E-state index in [0.29, 0.717) is 79.3 Å². The minimum absolute atomic E-state index is 0.500. The minimum Gasteiger partial charge on any atom is -0.377 e. The molecule has 1 aromatic carbocycles. The highest BCUT2D eigenvalue weighted by molar-refractivity contribution is 5.24. The molecule has 31 heavy (non-hydrogen) atoms. The maximum atomic E-state index is 5.66. The average Bonchev–Trinajstić information content (AvgIpc) is 2.79. The quantitative estimate of drug-likeness (QED) is 0.628. The van der Waals surface area contributed by atoms with Gasteiger partial charge in [0.2, 0.25) is 0 Å². The number of hydrogen-bond donors (Lipinski definition) is 0. The molecule has 1 aromatic rings. The van der Waals surface area contributed by atoms with Crippen LogP contribution in [0.1, 0.15) is 18.1 Å². The number of ether oxygens (including phenoxy) is 6. The number of rotatable bonds is 1. The van der Waals surface area contributed by atoms with Crippen molar-refractivity contribution >= 4 is 0 Å². The Bertz CT molecular complexity index is 665. The SMILES string of the molecule is C=CC1=CC=C(C)COCCOCCOCc2ccc(cc2)COCCOCCOC1. The van der Waals surface area contributed by atoms with E-state index in [0.717, 1.165) is 22.3 Å². The van der Waals surface area contributed by atoms with Gasteiger partial charge in [0.25, 0.3) is 0 Å². The molecular formula is C25H36O6. The third kappa shape index (κ3) is 12.6. The molecule has 2 bridgehead atoms. The van der Waals surface area contributed by atoms with Crippen LogP contribution in [0.15, 0.2) is 60.2 Å². The fourth-order valence-corrected chi connectivity index (χ4v) is 2.68. The Morgan fingerprint density at radius 3 is 1.48 bits per heavy atom. The monoisotopic (exact) mass is 432 g/mol. The summed E-state index contributed by atoms with van der Waals surface area (Å²) in [4.78, 5) is 0. The first-order valence-corrected chi connectivity index (χ1v) is 10.8. The van der Waals surface area contributed by atoms with Gasteiger partial charge in [-0.1, -0.05) is 49.1 Å². The molecule has 2 aliphatic rings. The van der Waals surface area contributed by atoms with Crippen LogP contribution >= 0.6 is 0 Å². The van der Waals surface area contributed by atoms with Crippen LogP contribution in [0.5, 0.6) is 0 Å². The smallest absolute Gasteiger partial charge is 0.0718 e. The van der Waals surface area contributed by atoms with Crippen LogP contribution in [0, 0.1) is 0 Å². The molecule has 0 saturated heterocycles. The summed E-state index contributed by atoms with van der Waals surface area (Å²) < 4.78 is 33.7. The van der Waals surface area contributed by atoms with Gasteiger partial charge in [0.05, 0.1) is 79.3 Å². The van der Waals surface area contributed by atoms with Gasteiger partial charge in [0.1, 0.15) is 0 Å². The first-order chi connectivity index (χ1) is 15.3. The third-order valence-corrected chi connectivity index (χ3v) is 4.49. The summed E-state index contributed by atoms with van der Waals surface area (Å²) >= 11 is 0. The normalized spacial score (nSPS) is 19.9. The Hall–Kier alpha value is -1.80. The molecule has 0 fully saturated rings. The van der Waals surface area contributed by atoms with Gasteiger partial charge in [0, 0.05) is 0 Å². The molecule has 3 rings (SSSR count). The van der Waals surface area contributed by atoms with E-state index in [1.165, 1.54) is 0 Å². The zero-order valence-corrected chi connectivity index (χ0v) is 18.7. The van der Waals surface area contributed by atoms with Gasteiger partial charge in [-0.15, -0.1) is 0 Å². The molecule has 0 spiro atoms. The van der Waals surface area contributed by atoms with Crippen molar-refractivity contribution in [1.82, 2.24) is 0 Å². The molecule has 0 saturated carbocycles. The zero-order valence-electron chi connectivity index (χ0n) is 18.7. The highest BCUT2D eigenvalue weighted by Crippen LogP contribution is 2.07. The van der Waals surface area contributed by atoms with Crippen molar-refractivity contribution in [1.29, 1.82) is 0 Å². The molecule has 6 heteroatoms. The van der Waals surface area contributed by atoms with Crippen molar-refractivity contribution in [3.8, 4) is 0 Å². The minimum atomic E-state index is 0.500. The van der Waals surface area contributed by atoms with Crippen molar-refractivity contribution in [2.24, 2.45) is 0 Å². The zero-order chi connectivity index (χ0) is 22.0. The first-order valence-electron chi connectivity index (χ1n) is 10.8. The average molecular weight is 433 g/mol. The molecule has 6 nitrogen and oxygen atoms in total. The summed E-state index contributed by atoms with van der Waals surface area (Å²) in [6, 6.07) is 8.25. The molecule has 2 heterocycles. The lowest BCUT2D eigenvalue weighted by Crippen LogP contribution is -2.10. The number of benzene rings is 1. The van der Waals surface area contributed by atoms with E-state index < -0.39 is 0 Å². The van der Waals surface area contributed by atoms with Crippen molar-refractivity contribution in [2.45, 2.75) is 20.1 Å². The van der Waals surface area contributed by atoms with E-state index in [-0.39, 0.29) is 0 Å². The standard InChI is InChI=1S/C25H36O6/c1-3-23-5-4-22(2)18-28-14-10-26-12-16-30-20-24-6-8-25(9-7-24)21-31-17-13-27-11-15-29-19-23/h3-9H,1,10-21H2,2H3. The van der Waals surface area contributed by atoms with Crippen LogP contribution in [0.2, 0.25) is 0 Å². The second-order valence-corrected chi connectivity index (χ2v) is 7.21. The summed E-state index contributed by atoms with van der Waals surface area (Å²) in [6.07, 6.45) is 5.83. The van der Waals surface area contributed by atoms with Crippen LogP contribution in [0.25, 0.3) is 0 Å². The van der Waals surface area contributed by atoms with Gasteiger partial charge in [-0.2, -0.15) is 0 Å². The lowest BCUT2D eigenvalue weighted by molar-refractivity contribution is 0.0138. The van der Waals surface area contributed by atoms with Crippen LogP contribution in [-0.4, -0.2) is 66.1 Å². The van der Waals surface area contributed by atoms with Crippen LogP contribution in [0.3, 0.4) is 0 Å². The fourth-order valence-electron chi connectivity index (χ4n) is 2.68.